The fraction of sp³-hybridized carbons (Fsp3) is 0.278. The van der Waals surface area contributed by atoms with Gasteiger partial charge in [0.1, 0.15) is 0 Å². The second-order valence-electron chi connectivity index (χ2n) is 5.84. The largest absolute Gasteiger partial charge is 0.333 e. The van der Waals surface area contributed by atoms with Crippen molar-refractivity contribution in [3.05, 3.63) is 52.3 Å². The van der Waals surface area contributed by atoms with E-state index in [2.05, 4.69) is 66.7 Å². The number of nitrogens with zero attached hydrogens (tertiary/aromatic N) is 2. The van der Waals surface area contributed by atoms with Gasteiger partial charge in [-0.15, -0.1) is 10.5 Å². The summed E-state index contributed by atoms with van der Waals surface area (Å²) in [5, 5.41) is 0.958. The van der Waals surface area contributed by atoms with Gasteiger partial charge in [-0.05, 0) is 62.1 Å². The van der Waals surface area contributed by atoms with Crippen LogP contribution in [0.5, 0.6) is 0 Å². The number of nitrogens with one attached hydrogen (secondary N) is 1. The predicted molar refractivity (Wildman–Crippen MR) is 96.0 cm³/mol. The topological polar surface area (TPSA) is 41.6 Å². The van der Waals surface area contributed by atoms with Crippen LogP contribution in [0, 0.1) is 27.7 Å². The maximum atomic E-state index is 4.69. The number of hydrogen-bond acceptors (Lipinski definition) is 2. The molecule has 0 aliphatic heterocycles. The fourth-order valence-electron chi connectivity index (χ4n) is 2.50. The fourth-order valence-corrected chi connectivity index (χ4v) is 3.74. The van der Waals surface area contributed by atoms with Gasteiger partial charge in [0, 0.05) is 11.9 Å². The van der Waals surface area contributed by atoms with Crippen molar-refractivity contribution in [3.8, 4) is 0 Å². The minimum absolute atomic E-state index is 0.228. The number of rotatable bonds is 3. The van der Waals surface area contributed by atoms with E-state index in [1.165, 1.54) is 22.3 Å². The Morgan fingerprint density at radius 1 is 1.14 bits per heavy atom. The van der Waals surface area contributed by atoms with E-state index < -0.39 is 0 Å². The predicted octanol–water partition coefficient (Wildman–Crippen LogP) is 4.45. The summed E-state index contributed by atoms with van der Waals surface area (Å²) in [6.45, 7) is 8.49. The van der Waals surface area contributed by atoms with Crippen LogP contribution in [0.25, 0.3) is 11.0 Å². The maximum Gasteiger partial charge on any atom is 0.160 e. The molecule has 0 aliphatic rings. The Morgan fingerprint density at radius 2 is 1.91 bits per heavy atom. The Morgan fingerprint density at radius 3 is 2.68 bits per heavy atom. The van der Waals surface area contributed by atoms with Crippen LogP contribution in [-0.2, 0) is 5.75 Å². The lowest BCUT2D eigenvalue weighted by molar-refractivity contribution is 1.05. The molecular formula is C18H21N3S. The van der Waals surface area contributed by atoms with E-state index in [0.29, 0.717) is 0 Å². The lowest BCUT2D eigenvalue weighted by atomic mass is 10.1. The number of aryl methyl sites for hydroxylation is 2. The van der Waals surface area contributed by atoms with Crippen molar-refractivity contribution >= 4 is 27.4 Å². The van der Waals surface area contributed by atoms with Crippen molar-refractivity contribution < 1.29 is 0 Å². The summed E-state index contributed by atoms with van der Waals surface area (Å²) in [7, 11) is -0.228. The molecule has 0 aliphatic carbocycles. The van der Waals surface area contributed by atoms with Crippen LogP contribution in [-0.4, -0.2) is 20.8 Å². The molecule has 1 unspecified atom stereocenters. The van der Waals surface area contributed by atoms with Gasteiger partial charge in [0.25, 0.3) is 0 Å². The second-order valence-corrected chi connectivity index (χ2v) is 7.50. The first kappa shape index (κ1) is 15.0. The highest BCUT2D eigenvalue weighted by Gasteiger charge is 2.10. The third-order valence-electron chi connectivity index (χ3n) is 4.20. The highest BCUT2D eigenvalue weighted by Crippen LogP contribution is 2.29. The number of fused-ring (bicyclic) bond motifs is 1. The molecule has 0 spiro atoms. The zero-order valence-electron chi connectivity index (χ0n) is 13.5. The monoisotopic (exact) mass is 311 g/mol. The van der Waals surface area contributed by atoms with Gasteiger partial charge in [0.15, 0.2) is 5.16 Å². The van der Waals surface area contributed by atoms with Crippen molar-refractivity contribution in [3.63, 3.8) is 0 Å². The van der Waals surface area contributed by atoms with Crippen LogP contribution in [0.4, 0.5) is 0 Å². The normalized spacial score (nSPS) is 12.7. The summed E-state index contributed by atoms with van der Waals surface area (Å²) < 4.78 is 0. The first-order chi connectivity index (χ1) is 10.5. The molecule has 0 fully saturated rings. The average molecular weight is 311 g/mol. The van der Waals surface area contributed by atoms with Gasteiger partial charge in [-0.1, -0.05) is 11.9 Å². The zero-order valence-corrected chi connectivity index (χ0v) is 14.3. The molecule has 0 amide bonds. The van der Waals surface area contributed by atoms with Crippen LogP contribution in [0.1, 0.15) is 27.9 Å². The highest BCUT2D eigenvalue weighted by atomic mass is 32.2. The SMILES string of the molecule is C=S(Cc1ncc(C)c(C)c1C)c1nc2ccc(C)cc2[nH]1. The van der Waals surface area contributed by atoms with Crippen LogP contribution in [0.3, 0.4) is 0 Å². The van der Waals surface area contributed by atoms with E-state index in [1.807, 2.05) is 6.20 Å². The molecule has 0 radical (unpaired) electrons. The zero-order chi connectivity index (χ0) is 15.9. The number of H-pyrrole nitrogens is 1. The highest BCUT2D eigenvalue weighted by molar-refractivity contribution is 8.13. The minimum Gasteiger partial charge on any atom is -0.333 e. The van der Waals surface area contributed by atoms with Crippen molar-refractivity contribution in [1.29, 1.82) is 0 Å². The Bertz CT molecular complexity index is 877. The Kier molecular flexibility index (Phi) is 3.87. The van der Waals surface area contributed by atoms with Gasteiger partial charge in [-0.25, -0.2) is 4.98 Å². The van der Waals surface area contributed by atoms with Crippen molar-refractivity contribution in [2.75, 3.05) is 0 Å². The summed E-state index contributed by atoms with van der Waals surface area (Å²) in [6, 6.07) is 6.27. The Hall–Kier alpha value is -1.94. The molecule has 2 aromatic heterocycles. The Balaban J connectivity index is 1.92. The number of hydrogen-bond donors (Lipinski definition) is 1. The maximum absolute atomic E-state index is 4.69. The number of imidazole rings is 1. The van der Waals surface area contributed by atoms with Gasteiger partial charge in [-0.3, -0.25) is 4.98 Å². The first-order valence-electron chi connectivity index (χ1n) is 7.34. The van der Waals surface area contributed by atoms with Gasteiger partial charge >= 0.3 is 0 Å². The third-order valence-corrected chi connectivity index (χ3v) is 5.56. The van der Waals surface area contributed by atoms with E-state index in [1.54, 1.807) is 0 Å². The molecule has 4 heteroatoms. The molecule has 1 atom stereocenters. The quantitative estimate of drug-likeness (QED) is 0.726. The number of benzene rings is 1. The lowest BCUT2D eigenvalue weighted by Crippen LogP contribution is -1.98. The van der Waals surface area contributed by atoms with Gasteiger partial charge in [0.05, 0.1) is 16.7 Å². The lowest BCUT2D eigenvalue weighted by Gasteiger charge is -2.11. The smallest absolute Gasteiger partial charge is 0.160 e. The number of aromatic nitrogens is 3. The summed E-state index contributed by atoms with van der Waals surface area (Å²) in [6.07, 6.45) is 1.96. The van der Waals surface area contributed by atoms with E-state index in [0.717, 1.165) is 27.6 Å². The van der Waals surface area contributed by atoms with E-state index >= 15 is 0 Å². The van der Waals surface area contributed by atoms with E-state index in [4.69, 9.17) is 0 Å². The standard InChI is InChI=1S/C18H21N3S/c1-11-6-7-15-16(8-11)21-18(20-15)22(5)10-17-14(4)13(3)12(2)9-19-17/h6-9H,5,10H2,1-4H3,(H,20,21). The average Bonchev–Trinajstić information content (AvgIpc) is 2.91. The van der Waals surface area contributed by atoms with Gasteiger partial charge in [0.2, 0.25) is 0 Å². The summed E-state index contributed by atoms with van der Waals surface area (Å²) in [5.41, 5.74) is 8.28. The molecule has 3 aromatic rings. The molecular weight excluding hydrogens is 290 g/mol. The summed E-state index contributed by atoms with van der Waals surface area (Å²) in [5.74, 6) is 5.13. The number of pyridine rings is 1. The van der Waals surface area contributed by atoms with E-state index in [-0.39, 0.29) is 10.5 Å². The molecule has 1 aromatic carbocycles. The Labute approximate surface area is 133 Å². The number of aromatic amines is 1. The van der Waals surface area contributed by atoms with Gasteiger partial charge < -0.3 is 4.98 Å². The second kappa shape index (κ2) is 5.69. The molecule has 3 rings (SSSR count). The van der Waals surface area contributed by atoms with Crippen LogP contribution >= 0.6 is 10.5 Å². The summed E-state index contributed by atoms with van der Waals surface area (Å²) in [4.78, 5) is 12.7. The third kappa shape index (κ3) is 2.71. The van der Waals surface area contributed by atoms with Crippen LogP contribution in [0.15, 0.2) is 29.6 Å². The van der Waals surface area contributed by atoms with Crippen molar-refractivity contribution in [2.24, 2.45) is 0 Å². The van der Waals surface area contributed by atoms with Crippen LogP contribution in [0.2, 0.25) is 0 Å². The minimum atomic E-state index is -0.228. The first-order valence-corrected chi connectivity index (χ1v) is 8.90. The molecule has 114 valence electrons. The van der Waals surface area contributed by atoms with Crippen molar-refractivity contribution in [2.45, 2.75) is 38.6 Å². The van der Waals surface area contributed by atoms with Crippen molar-refractivity contribution in [1.82, 2.24) is 15.0 Å². The molecule has 2 heterocycles. The molecule has 3 nitrogen and oxygen atoms in total. The molecule has 0 bridgehead atoms. The van der Waals surface area contributed by atoms with Crippen LogP contribution < -0.4 is 0 Å². The summed E-state index contributed by atoms with van der Waals surface area (Å²) >= 11 is 0. The van der Waals surface area contributed by atoms with E-state index in [9.17, 15) is 0 Å². The molecule has 0 saturated carbocycles. The molecule has 22 heavy (non-hydrogen) atoms. The molecule has 1 N–H and O–H groups in total. The van der Waals surface area contributed by atoms with Gasteiger partial charge in [-0.2, -0.15) is 0 Å². The molecule has 0 saturated heterocycles.